The Kier molecular flexibility index (Phi) is 2.41. The van der Waals surface area contributed by atoms with Crippen LogP contribution < -0.4 is 4.74 Å². The van der Waals surface area contributed by atoms with E-state index in [1.807, 2.05) is 20.0 Å². The van der Waals surface area contributed by atoms with Gasteiger partial charge >= 0.3 is 0 Å². The normalized spacial score (nSPS) is 11.1. The topological polar surface area (TPSA) is 39.4 Å². The first kappa shape index (κ1) is 9.45. The highest BCUT2D eigenvalue weighted by atomic mass is 79.9. The Morgan fingerprint density at radius 1 is 1.43 bits per heavy atom. The first-order valence-electron chi connectivity index (χ1n) is 4.32. The highest BCUT2D eigenvalue weighted by Gasteiger charge is 2.04. The standard InChI is InChI=1S/C9H10BrN3O/c1-6(2)14-7-3-11-9-8(10)4-12-13(9)5-7/h3-6H,1-2H3. The van der Waals surface area contributed by atoms with E-state index in [1.54, 1.807) is 16.9 Å². The van der Waals surface area contributed by atoms with Crippen LogP contribution in [0.15, 0.2) is 23.1 Å². The summed E-state index contributed by atoms with van der Waals surface area (Å²) in [5.41, 5.74) is 0.793. The smallest absolute Gasteiger partial charge is 0.169 e. The Hall–Kier alpha value is -1.10. The molecule has 2 heterocycles. The van der Waals surface area contributed by atoms with Crippen molar-refractivity contribution in [3.63, 3.8) is 0 Å². The molecule has 74 valence electrons. The Balaban J connectivity index is 2.42. The van der Waals surface area contributed by atoms with Gasteiger partial charge in [-0.2, -0.15) is 5.10 Å². The lowest BCUT2D eigenvalue weighted by atomic mass is 10.4. The first-order valence-corrected chi connectivity index (χ1v) is 5.11. The van der Waals surface area contributed by atoms with Crippen LogP contribution in [-0.2, 0) is 0 Å². The molecule has 0 aliphatic carbocycles. The number of nitrogens with zero attached hydrogens (tertiary/aromatic N) is 3. The molecule has 5 heteroatoms. The lowest BCUT2D eigenvalue weighted by Crippen LogP contribution is -2.06. The zero-order valence-electron chi connectivity index (χ0n) is 7.94. The molecule has 0 N–H and O–H groups in total. The molecule has 2 rings (SSSR count). The third-order valence-electron chi connectivity index (χ3n) is 1.66. The van der Waals surface area contributed by atoms with E-state index >= 15 is 0 Å². The van der Waals surface area contributed by atoms with Crippen LogP contribution in [-0.4, -0.2) is 20.7 Å². The lowest BCUT2D eigenvalue weighted by molar-refractivity contribution is 0.240. The van der Waals surface area contributed by atoms with Crippen molar-refractivity contribution in [1.82, 2.24) is 14.6 Å². The van der Waals surface area contributed by atoms with Crippen LogP contribution in [0.2, 0.25) is 0 Å². The third-order valence-corrected chi connectivity index (χ3v) is 2.22. The average Bonchev–Trinajstić information content (AvgIpc) is 2.46. The predicted molar refractivity (Wildman–Crippen MR) is 56.5 cm³/mol. The highest BCUT2D eigenvalue weighted by Crippen LogP contribution is 2.18. The van der Waals surface area contributed by atoms with Gasteiger partial charge in [-0.1, -0.05) is 0 Å². The number of halogens is 1. The molecule has 14 heavy (non-hydrogen) atoms. The molecular formula is C9H10BrN3O. The van der Waals surface area contributed by atoms with Crippen LogP contribution in [0, 0.1) is 0 Å². The van der Waals surface area contributed by atoms with Gasteiger partial charge in [0.2, 0.25) is 0 Å². The maximum absolute atomic E-state index is 5.49. The summed E-state index contributed by atoms with van der Waals surface area (Å²) in [6.07, 6.45) is 5.37. The van der Waals surface area contributed by atoms with Gasteiger partial charge in [0.1, 0.15) is 0 Å². The minimum Gasteiger partial charge on any atom is -0.488 e. The van der Waals surface area contributed by atoms with E-state index in [0.29, 0.717) is 0 Å². The van der Waals surface area contributed by atoms with Gasteiger partial charge in [-0.15, -0.1) is 0 Å². The van der Waals surface area contributed by atoms with Crippen molar-refractivity contribution in [2.45, 2.75) is 20.0 Å². The maximum atomic E-state index is 5.49. The van der Waals surface area contributed by atoms with Crippen molar-refractivity contribution < 1.29 is 4.74 Å². The fraction of sp³-hybridized carbons (Fsp3) is 0.333. The monoisotopic (exact) mass is 255 g/mol. The molecule has 0 spiro atoms. The molecule has 2 aromatic rings. The van der Waals surface area contributed by atoms with Gasteiger partial charge in [0.15, 0.2) is 11.4 Å². The largest absolute Gasteiger partial charge is 0.488 e. The number of fused-ring (bicyclic) bond motifs is 1. The highest BCUT2D eigenvalue weighted by molar-refractivity contribution is 9.10. The molecular weight excluding hydrogens is 246 g/mol. The summed E-state index contributed by atoms with van der Waals surface area (Å²) in [6, 6.07) is 0. The first-order chi connectivity index (χ1) is 6.66. The molecule has 0 aliphatic heterocycles. The molecule has 0 aliphatic rings. The van der Waals surface area contributed by atoms with Crippen molar-refractivity contribution in [3.8, 4) is 5.75 Å². The van der Waals surface area contributed by atoms with Gasteiger partial charge in [-0.3, -0.25) is 0 Å². The van der Waals surface area contributed by atoms with Crippen molar-refractivity contribution in [3.05, 3.63) is 23.1 Å². The molecule has 0 fully saturated rings. The zero-order valence-corrected chi connectivity index (χ0v) is 9.52. The van der Waals surface area contributed by atoms with Gasteiger partial charge in [-0.25, -0.2) is 9.50 Å². The molecule has 2 aromatic heterocycles. The van der Waals surface area contributed by atoms with Crippen LogP contribution >= 0.6 is 15.9 Å². The van der Waals surface area contributed by atoms with Crippen molar-refractivity contribution in [2.75, 3.05) is 0 Å². The van der Waals surface area contributed by atoms with Crippen LogP contribution in [0.1, 0.15) is 13.8 Å². The minimum absolute atomic E-state index is 0.147. The molecule has 0 saturated heterocycles. The van der Waals surface area contributed by atoms with Gasteiger partial charge in [0, 0.05) is 0 Å². The van der Waals surface area contributed by atoms with E-state index in [1.165, 1.54) is 0 Å². The van der Waals surface area contributed by atoms with Crippen LogP contribution in [0.4, 0.5) is 0 Å². The van der Waals surface area contributed by atoms with E-state index in [0.717, 1.165) is 15.9 Å². The molecule has 0 aromatic carbocycles. The summed E-state index contributed by atoms with van der Waals surface area (Å²) in [5.74, 6) is 0.725. The summed E-state index contributed by atoms with van der Waals surface area (Å²) in [4.78, 5) is 4.22. The summed E-state index contributed by atoms with van der Waals surface area (Å²) in [6.45, 7) is 3.95. The fourth-order valence-electron chi connectivity index (χ4n) is 1.16. The van der Waals surface area contributed by atoms with E-state index in [4.69, 9.17) is 4.74 Å². The number of aromatic nitrogens is 3. The Labute approximate surface area is 90.0 Å². The summed E-state index contributed by atoms with van der Waals surface area (Å²) < 4.78 is 8.06. The quantitative estimate of drug-likeness (QED) is 0.827. The second-order valence-electron chi connectivity index (χ2n) is 3.22. The zero-order chi connectivity index (χ0) is 10.1. The SMILES string of the molecule is CC(C)Oc1cnc2c(Br)cnn2c1. The van der Waals surface area contributed by atoms with Crippen molar-refractivity contribution in [2.24, 2.45) is 0 Å². The number of rotatable bonds is 2. The number of ether oxygens (including phenoxy) is 1. The molecule has 0 unspecified atom stereocenters. The molecule has 0 amide bonds. The summed E-state index contributed by atoms with van der Waals surface area (Å²) in [5, 5.41) is 4.11. The predicted octanol–water partition coefficient (Wildman–Crippen LogP) is 2.28. The number of hydrogen-bond acceptors (Lipinski definition) is 3. The lowest BCUT2D eigenvalue weighted by Gasteiger charge is -2.08. The second kappa shape index (κ2) is 3.57. The maximum Gasteiger partial charge on any atom is 0.169 e. The fourth-order valence-corrected chi connectivity index (χ4v) is 1.54. The van der Waals surface area contributed by atoms with Crippen LogP contribution in [0.3, 0.4) is 0 Å². The summed E-state index contributed by atoms with van der Waals surface area (Å²) >= 11 is 3.36. The molecule has 0 bridgehead atoms. The van der Waals surface area contributed by atoms with E-state index in [2.05, 4.69) is 26.0 Å². The minimum atomic E-state index is 0.147. The van der Waals surface area contributed by atoms with Gasteiger partial charge in [-0.05, 0) is 29.8 Å². The average molecular weight is 256 g/mol. The molecule has 4 nitrogen and oxygen atoms in total. The van der Waals surface area contributed by atoms with Gasteiger partial charge in [0.25, 0.3) is 0 Å². The van der Waals surface area contributed by atoms with Crippen molar-refractivity contribution >= 4 is 21.6 Å². The Bertz CT molecular complexity index is 452. The number of hydrogen-bond donors (Lipinski definition) is 0. The molecule has 0 atom stereocenters. The molecule has 0 saturated carbocycles. The third kappa shape index (κ3) is 1.72. The summed E-state index contributed by atoms with van der Waals surface area (Å²) in [7, 11) is 0. The van der Waals surface area contributed by atoms with Gasteiger partial charge in [0.05, 0.1) is 29.2 Å². The van der Waals surface area contributed by atoms with Gasteiger partial charge < -0.3 is 4.74 Å². The van der Waals surface area contributed by atoms with Crippen LogP contribution in [0.25, 0.3) is 5.65 Å². The molecule has 0 radical (unpaired) electrons. The van der Waals surface area contributed by atoms with E-state index < -0.39 is 0 Å². The Morgan fingerprint density at radius 2 is 2.21 bits per heavy atom. The second-order valence-corrected chi connectivity index (χ2v) is 4.07. The van der Waals surface area contributed by atoms with Crippen LogP contribution in [0.5, 0.6) is 5.75 Å². The van der Waals surface area contributed by atoms with Crippen molar-refractivity contribution in [1.29, 1.82) is 0 Å². The Morgan fingerprint density at radius 3 is 2.93 bits per heavy atom. The van der Waals surface area contributed by atoms with E-state index in [-0.39, 0.29) is 6.10 Å². The van der Waals surface area contributed by atoms with E-state index in [9.17, 15) is 0 Å².